The van der Waals surface area contributed by atoms with Crippen LogP contribution in [0.3, 0.4) is 0 Å². The third-order valence-electron chi connectivity index (χ3n) is 4.80. The summed E-state index contributed by atoms with van der Waals surface area (Å²) in [5.74, 6) is 0.517. The van der Waals surface area contributed by atoms with E-state index in [9.17, 15) is 4.79 Å². The SMILES string of the molecule is O=C(Nc1ccc(Br)cc1)ON1C(c2ccccc2)=NOC12CCCCC2. The van der Waals surface area contributed by atoms with E-state index >= 15 is 0 Å². The Bertz CT molecular complexity index is 833. The molecule has 0 saturated heterocycles. The largest absolute Gasteiger partial charge is 0.436 e. The highest BCUT2D eigenvalue weighted by atomic mass is 79.9. The molecule has 140 valence electrons. The molecule has 2 aromatic rings. The number of oxime groups is 1. The fourth-order valence-electron chi connectivity index (χ4n) is 3.43. The van der Waals surface area contributed by atoms with Gasteiger partial charge in [0, 0.05) is 28.6 Å². The number of hydroxylamine groups is 2. The molecule has 0 unspecified atom stereocenters. The maximum Gasteiger partial charge on any atom is 0.436 e. The second kappa shape index (κ2) is 7.60. The molecule has 1 aliphatic heterocycles. The molecule has 1 heterocycles. The summed E-state index contributed by atoms with van der Waals surface area (Å²) < 4.78 is 0.939. The Morgan fingerprint density at radius 3 is 2.48 bits per heavy atom. The zero-order chi connectivity index (χ0) is 18.7. The van der Waals surface area contributed by atoms with Gasteiger partial charge in [0.1, 0.15) is 0 Å². The van der Waals surface area contributed by atoms with Gasteiger partial charge in [-0.05, 0) is 37.1 Å². The maximum absolute atomic E-state index is 12.6. The average molecular weight is 430 g/mol. The van der Waals surface area contributed by atoms with Gasteiger partial charge in [-0.3, -0.25) is 5.32 Å². The van der Waals surface area contributed by atoms with Crippen LogP contribution < -0.4 is 5.32 Å². The van der Waals surface area contributed by atoms with Crippen molar-refractivity contribution in [2.45, 2.75) is 37.8 Å². The number of hydrogen-bond acceptors (Lipinski definition) is 5. The van der Waals surface area contributed by atoms with Crippen molar-refractivity contribution in [1.29, 1.82) is 0 Å². The number of nitrogens with one attached hydrogen (secondary N) is 1. The van der Waals surface area contributed by atoms with Gasteiger partial charge < -0.3 is 9.68 Å². The molecule has 0 radical (unpaired) electrons. The van der Waals surface area contributed by atoms with Gasteiger partial charge in [-0.2, -0.15) is 0 Å². The van der Waals surface area contributed by atoms with Crippen molar-refractivity contribution in [2.75, 3.05) is 5.32 Å². The van der Waals surface area contributed by atoms with Gasteiger partial charge in [0.05, 0.1) is 0 Å². The highest BCUT2D eigenvalue weighted by molar-refractivity contribution is 9.10. The van der Waals surface area contributed by atoms with Crippen LogP contribution in [-0.2, 0) is 9.68 Å². The van der Waals surface area contributed by atoms with Crippen LogP contribution in [0.4, 0.5) is 10.5 Å². The summed E-state index contributed by atoms with van der Waals surface area (Å²) >= 11 is 3.38. The zero-order valence-corrected chi connectivity index (χ0v) is 16.3. The lowest BCUT2D eigenvalue weighted by Gasteiger charge is -2.37. The Morgan fingerprint density at radius 2 is 1.78 bits per heavy atom. The molecule has 27 heavy (non-hydrogen) atoms. The molecule has 6 nitrogen and oxygen atoms in total. The Labute approximate surface area is 166 Å². The van der Waals surface area contributed by atoms with E-state index in [1.165, 1.54) is 0 Å². The number of halogens is 1. The Balaban J connectivity index is 1.55. The number of rotatable bonds is 3. The van der Waals surface area contributed by atoms with Gasteiger partial charge in [0.15, 0.2) is 0 Å². The van der Waals surface area contributed by atoms with Gasteiger partial charge in [-0.1, -0.05) is 57.8 Å². The first kappa shape index (κ1) is 17.9. The predicted octanol–water partition coefficient (Wildman–Crippen LogP) is 5.27. The van der Waals surface area contributed by atoms with E-state index in [1.54, 1.807) is 17.2 Å². The molecule has 1 amide bonds. The van der Waals surface area contributed by atoms with Crippen molar-refractivity contribution in [2.24, 2.45) is 5.16 Å². The third-order valence-corrected chi connectivity index (χ3v) is 5.32. The molecule has 1 aliphatic carbocycles. The lowest BCUT2D eigenvalue weighted by atomic mass is 9.91. The van der Waals surface area contributed by atoms with Crippen LogP contribution in [0.2, 0.25) is 0 Å². The number of anilines is 1. The molecule has 1 spiro atoms. The fourth-order valence-corrected chi connectivity index (χ4v) is 3.70. The van der Waals surface area contributed by atoms with Crippen molar-refractivity contribution < 1.29 is 14.5 Å². The molecular weight excluding hydrogens is 410 g/mol. The van der Waals surface area contributed by atoms with Gasteiger partial charge in [-0.15, -0.1) is 5.06 Å². The molecule has 2 aliphatic rings. The first-order chi connectivity index (χ1) is 13.2. The molecule has 4 rings (SSSR count). The molecule has 7 heteroatoms. The van der Waals surface area contributed by atoms with Crippen molar-refractivity contribution in [3.63, 3.8) is 0 Å². The van der Waals surface area contributed by atoms with Gasteiger partial charge in [0.2, 0.25) is 11.6 Å². The van der Waals surface area contributed by atoms with E-state index < -0.39 is 11.8 Å². The molecule has 0 aromatic heterocycles. The summed E-state index contributed by atoms with van der Waals surface area (Å²) in [6, 6.07) is 16.9. The van der Waals surface area contributed by atoms with Crippen LogP contribution in [0.1, 0.15) is 37.7 Å². The Morgan fingerprint density at radius 1 is 1.07 bits per heavy atom. The number of carbonyl (C=O) groups excluding carboxylic acids is 1. The van der Waals surface area contributed by atoms with E-state index in [0.717, 1.165) is 42.1 Å². The minimum absolute atomic E-state index is 0.517. The summed E-state index contributed by atoms with van der Waals surface area (Å²) in [4.78, 5) is 24.1. The monoisotopic (exact) mass is 429 g/mol. The summed E-state index contributed by atoms with van der Waals surface area (Å²) in [6.45, 7) is 0. The summed E-state index contributed by atoms with van der Waals surface area (Å²) in [5, 5.41) is 8.57. The first-order valence-electron chi connectivity index (χ1n) is 9.03. The van der Waals surface area contributed by atoms with Gasteiger partial charge in [-0.25, -0.2) is 4.79 Å². The van der Waals surface area contributed by atoms with Crippen LogP contribution in [-0.4, -0.2) is 22.7 Å². The number of benzene rings is 2. The van der Waals surface area contributed by atoms with E-state index in [2.05, 4.69) is 26.4 Å². The molecular formula is C20H20BrN3O3. The second-order valence-electron chi connectivity index (χ2n) is 6.68. The summed E-state index contributed by atoms with van der Waals surface area (Å²) in [5.41, 5.74) is 0.774. The minimum atomic E-state index is -0.722. The van der Waals surface area contributed by atoms with Crippen molar-refractivity contribution in [3.8, 4) is 0 Å². The van der Waals surface area contributed by atoms with Crippen LogP contribution in [0, 0.1) is 0 Å². The number of amidine groups is 1. The third kappa shape index (κ3) is 3.78. The molecule has 1 N–H and O–H groups in total. The first-order valence-corrected chi connectivity index (χ1v) is 9.82. The van der Waals surface area contributed by atoms with Gasteiger partial charge in [0.25, 0.3) is 0 Å². The standard InChI is InChI=1S/C20H20BrN3O3/c21-16-9-11-17(12-10-16)22-19(25)26-24-18(15-7-3-1-4-8-15)23-27-20(24)13-5-2-6-14-20/h1,3-4,7-12H,2,5-6,13-14H2,(H,22,25). The highest BCUT2D eigenvalue weighted by Crippen LogP contribution is 2.40. The smallest absolute Gasteiger partial charge is 0.362 e. The highest BCUT2D eigenvalue weighted by Gasteiger charge is 2.50. The van der Waals surface area contributed by atoms with E-state index in [0.29, 0.717) is 11.5 Å². The summed E-state index contributed by atoms with van der Waals surface area (Å²) in [7, 11) is 0. The molecule has 1 saturated carbocycles. The van der Waals surface area contributed by atoms with E-state index in [-0.39, 0.29) is 0 Å². The van der Waals surface area contributed by atoms with Crippen LogP contribution >= 0.6 is 15.9 Å². The molecule has 0 bridgehead atoms. The number of carbonyl (C=O) groups is 1. The second-order valence-corrected chi connectivity index (χ2v) is 7.60. The van der Waals surface area contributed by atoms with E-state index in [1.807, 2.05) is 42.5 Å². The lowest BCUT2D eigenvalue weighted by Crippen LogP contribution is -2.51. The van der Waals surface area contributed by atoms with E-state index in [4.69, 9.17) is 9.68 Å². The maximum atomic E-state index is 12.6. The van der Waals surface area contributed by atoms with Crippen molar-refractivity contribution in [3.05, 3.63) is 64.6 Å². The van der Waals surface area contributed by atoms with Crippen LogP contribution in [0.25, 0.3) is 0 Å². The number of amides is 1. The van der Waals surface area contributed by atoms with Crippen LogP contribution in [0.5, 0.6) is 0 Å². The average Bonchev–Trinajstić information content (AvgIpc) is 3.02. The van der Waals surface area contributed by atoms with Crippen molar-refractivity contribution >= 4 is 33.5 Å². The topological polar surface area (TPSA) is 63.2 Å². The zero-order valence-electron chi connectivity index (χ0n) is 14.7. The molecule has 1 fully saturated rings. The Hall–Kier alpha value is -2.54. The normalized spacial score (nSPS) is 18.0. The quantitative estimate of drug-likeness (QED) is 0.721. The number of hydrogen-bond donors (Lipinski definition) is 1. The Kier molecular flexibility index (Phi) is 5.03. The molecule has 2 aromatic carbocycles. The molecule has 0 atom stereocenters. The predicted molar refractivity (Wildman–Crippen MR) is 106 cm³/mol. The lowest BCUT2D eigenvalue weighted by molar-refractivity contribution is -0.224. The summed E-state index contributed by atoms with van der Waals surface area (Å²) in [6.07, 6.45) is 4.11. The fraction of sp³-hybridized carbons (Fsp3) is 0.300. The van der Waals surface area contributed by atoms with Crippen molar-refractivity contribution in [1.82, 2.24) is 5.06 Å². The van der Waals surface area contributed by atoms with Gasteiger partial charge >= 0.3 is 6.09 Å². The van der Waals surface area contributed by atoms with Crippen LogP contribution in [0.15, 0.2) is 64.2 Å². The number of nitrogens with zero attached hydrogens (tertiary/aromatic N) is 2. The minimum Gasteiger partial charge on any atom is -0.362 e.